The van der Waals surface area contributed by atoms with Gasteiger partial charge in [0.2, 0.25) is 5.91 Å². The summed E-state index contributed by atoms with van der Waals surface area (Å²) in [5, 5.41) is 3.11. The van der Waals surface area contributed by atoms with Crippen LogP contribution in [0.25, 0.3) is 11.3 Å². The summed E-state index contributed by atoms with van der Waals surface area (Å²) in [5.41, 5.74) is 0.153. The first-order chi connectivity index (χ1) is 12.1. The summed E-state index contributed by atoms with van der Waals surface area (Å²) in [6, 6.07) is 3.52. The monoisotopic (exact) mass is 349 g/mol. The molecule has 0 saturated carbocycles. The Morgan fingerprint density at radius 1 is 1.44 bits per heavy atom. The summed E-state index contributed by atoms with van der Waals surface area (Å²) in [6.07, 6.45) is 4.08. The molecule has 1 aliphatic heterocycles. The standard InChI is InChI=1S/C18H21F2N3O2/c1-21-10-13-3-2-8-23(13)18(24)7-6-17-22-11-16(25-17)14-5-4-12(19)9-15(14)20/h4-5,9,11,13,21H,2-3,6-8,10H2,1H3. The lowest BCUT2D eigenvalue weighted by Gasteiger charge is -2.24. The quantitative estimate of drug-likeness (QED) is 0.871. The lowest BCUT2D eigenvalue weighted by Crippen LogP contribution is -2.40. The summed E-state index contributed by atoms with van der Waals surface area (Å²) in [6.45, 7) is 1.57. The predicted octanol–water partition coefficient (Wildman–Crippen LogP) is 2.76. The fourth-order valence-electron chi connectivity index (χ4n) is 3.21. The molecule has 1 N–H and O–H groups in total. The number of amides is 1. The maximum atomic E-state index is 13.8. The summed E-state index contributed by atoms with van der Waals surface area (Å²) in [5.74, 6) is -0.671. The van der Waals surface area contributed by atoms with Crippen molar-refractivity contribution in [3.05, 3.63) is 41.9 Å². The Labute approximate surface area is 145 Å². The molecule has 25 heavy (non-hydrogen) atoms. The molecule has 1 unspecified atom stereocenters. The van der Waals surface area contributed by atoms with Crippen LogP contribution in [0.2, 0.25) is 0 Å². The van der Waals surface area contributed by atoms with Gasteiger partial charge in [0.05, 0.1) is 11.8 Å². The van der Waals surface area contributed by atoms with Gasteiger partial charge in [-0.15, -0.1) is 0 Å². The molecule has 0 aliphatic carbocycles. The zero-order valence-corrected chi connectivity index (χ0v) is 14.1. The van der Waals surface area contributed by atoms with Crippen LogP contribution in [0.4, 0.5) is 8.78 Å². The Bertz CT molecular complexity index is 748. The maximum absolute atomic E-state index is 13.8. The molecule has 0 spiro atoms. The van der Waals surface area contributed by atoms with Crippen molar-refractivity contribution >= 4 is 5.91 Å². The molecule has 1 atom stereocenters. The van der Waals surface area contributed by atoms with E-state index in [1.807, 2.05) is 11.9 Å². The number of halogens is 2. The van der Waals surface area contributed by atoms with Gasteiger partial charge in [-0.1, -0.05) is 0 Å². The fraction of sp³-hybridized carbons (Fsp3) is 0.444. The number of carbonyl (C=O) groups excluding carboxylic acids is 1. The molecule has 1 fully saturated rings. The van der Waals surface area contributed by atoms with Crippen molar-refractivity contribution in [1.82, 2.24) is 15.2 Å². The highest BCUT2D eigenvalue weighted by Crippen LogP contribution is 2.25. The van der Waals surface area contributed by atoms with Gasteiger partial charge in [-0.25, -0.2) is 13.8 Å². The van der Waals surface area contributed by atoms with E-state index in [4.69, 9.17) is 4.42 Å². The van der Waals surface area contributed by atoms with Crippen LogP contribution < -0.4 is 5.32 Å². The van der Waals surface area contributed by atoms with E-state index < -0.39 is 11.6 Å². The van der Waals surface area contributed by atoms with Crippen LogP contribution in [0.15, 0.2) is 28.8 Å². The maximum Gasteiger partial charge on any atom is 0.223 e. The molecule has 1 aromatic heterocycles. The number of likely N-dealkylation sites (N-methyl/N-ethyl adjacent to an activating group) is 1. The van der Waals surface area contributed by atoms with Gasteiger partial charge in [0.15, 0.2) is 11.7 Å². The van der Waals surface area contributed by atoms with Gasteiger partial charge < -0.3 is 14.6 Å². The van der Waals surface area contributed by atoms with Gasteiger partial charge in [-0.3, -0.25) is 4.79 Å². The highest BCUT2D eigenvalue weighted by molar-refractivity contribution is 5.77. The number of oxazole rings is 1. The predicted molar refractivity (Wildman–Crippen MR) is 88.8 cm³/mol. The number of likely N-dealkylation sites (tertiary alicyclic amines) is 1. The summed E-state index contributed by atoms with van der Waals surface area (Å²) >= 11 is 0. The number of hydrogen-bond acceptors (Lipinski definition) is 4. The molecule has 3 rings (SSSR count). The zero-order chi connectivity index (χ0) is 17.8. The summed E-state index contributed by atoms with van der Waals surface area (Å²) < 4.78 is 32.3. The van der Waals surface area contributed by atoms with Crippen LogP contribution in [-0.2, 0) is 11.2 Å². The van der Waals surface area contributed by atoms with Gasteiger partial charge >= 0.3 is 0 Å². The van der Waals surface area contributed by atoms with Crippen molar-refractivity contribution in [2.75, 3.05) is 20.1 Å². The van der Waals surface area contributed by atoms with Crippen LogP contribution in [0.3, 0.4) is 0 Å². The molecule has 2 aromatic rings. The molecule has 1 amide bonds. The number of aryl methyl sites for hydroxylation is 1. The first kappa shape index (κ1) is 17.5. The normalized spacial score (nSPS) is 17.2. The molecule has 1 aliphatic rings. The van der Waals surface area contributed by atoms with E-state index >= 15 is 0 Å². The largest absolute Gasteiger partial charge is 0.441 e. The number of hydrogen-bond donors (Lipinski definition) is 1. The third kappa shape index (κ3) is 4.04. The highest BCUT2D eigenvalue weighted by atomic mass is 19.1. The second kappa shape index (κ2) is 7.74. The van der Waals surface area contributed by atoms with E-state index in [9.17, 15) is 13.6 Å². The number of carbonyl (C=O) groups is 1. The molecule has 0 bridgehead atoms. The van der Waals surface area contributed by atoms with E-state index in [2.05, 4.69) is 10.3 Å². The van der Waals surface area contributed by atoms with E-state index in [1.165, 1.54) is 18.3 Å². The number of nitrogens with zero attached hydrogens (tertiary/aromatic N) is 2. The molecule has 0 radical (unpaired) electrons. The van der Waals surface area contributed by atoms with Crippen molar-refractivity contribution in [1.29, 1.82) is 0 Å². The number of benzene rings is 1. The van der Waals surface area contributed by atoms with Gasteiger partial charge in [-0.2, -0.15) is 0 Å². The minimum absolute atomic E-state index is 0.0745. The molecular weight excluding hydrogens is 328 g/mol. The molecule has 1 aromatic carbocycles. The Hall–Kier alpha value is -2.28. The first-order valence-corrected chi connectivity index (χ1v) is 8.42. The van der Waals surface area contributed by atoms with E-state index in [1.54, 1.807) is 0 Å². The molecule has 2 heterocycles. The third-order valence-corrected chi connectivity index (χ3v) is 4.44. The van der Waals surface area contributed by atoms with Crippen molar-refractivity contribution in [3.63, 3.8) is 0 Å². The average molecular weight is 349 g/mol. The SMILES string of the molecule is CNCC1CCCN1C(=O)CCc1ncc(-c2ccc(F)cc2F)o1. The lowest BCUT2D eigenvalue weighted by molar-refractivity contribution is -0.131. The van der Waals surface area contributed by atoms with Crippen molar-refractivity contribution in [3.8, 4) is 11.3 Å². The van der Waals surface area contributed by atoms with Crippen LogP contribution in [0, 0.1) is 11.6 Å². The topological polar surface area (TPSA) is 58.4 Å². The Morgan fingerprint density at radius 2 is 2.28 bits per heavy atom. The van der Waals surface area contributed by atoms with Crippen LogP contribution >= 0.6 is 0 Å². The molecule has 1 saturated heterocycles. The zero-order valence-electron chi connectivity index (χ0n) is 14.1. The summed E-state index contributed by atoms with van der Waals surface area (Å²) in [7, 11) is 1.88. The van der Waals surface area contributed by atoms with Crippen LogP contribution in [0.5, 0.6) is 0 Å². The van der Waals surface area contributed by atoms with Gasteiger partial charge in [0.25, 0.3) is 0 Å². The summed E-state index contributed by atoms with van der Waals surface area (Å²) in [4.78, 5) is 18.4. The Balaban J connectivity index is 1.61. The molecule has 134 valence electrons. The van der Waals surface area contributed by atoms with E-state index in [-0.39, 0.29) is 23.3 Å². The van der Waals surface area contributed by atoms with Gasteiger partial charge in [0.1, 0.15) is 11.6 Å². The van der Waals surface area contributed by atoms with Crippen molar-refractivity contribution < 1.29 is 18.0 Å². The van der Waals surface area contributed by atoms with E-state index in [0.717, 1.165) is 32.0 Å². The van der Waals surface area contributed by atoms with Gasteiger partial charge in [0, 0.05) is 38.0 Å². The van der Waals surface area contributed by atoms with Gasteiger partial charge in [-0.05, 0) is 32.0 Å². The lowest BCUT2D eigenvalue weighted by atomic mass is 10.2. The molecule has 7 heteroatoms. The van der Waals surface area contributed by atoms with Crippen molar-refractivity contribution in [2.45, 2.75) is 31.7 Å². The molecular formula is C18H21F2N3O2. The van der Waals surface area contributed by atoms with Crippen LogP contribution in [-0.4, -0.2) is 42.0 Å². The average Bonchev–Trinajstić information content (AvgIpc) is 3.22. The second-order valence-electron chi connectivity index (χ2n) is 6.18. The first-order valence-electron chi connectivity index (χ1n) is 8.42. The minimum atomic E-state index is -0.703. The smallest absolute Gasteiger partial charge is 0.223 e. The second-order valence-corrected chi connectivity index (χ2v) is 6.18. The Morgan fingerprint density at radius 3 is 3.04 bits per heavy atom. The number of aromatic nitrogens is 1. The van der Waals surface area contributed by atoms with E-state index in [0.29, 0.717) is 18.7 Å². The fourth-order valence-corrected chi connectivity index (χ4v) is 3.21. The third-order valence-electron chi connectivity index (χ3n) is 4.44. The number of rotatable bonds is 6. The highest BCUT2D eigenvalue weighted by Gasteiger charge is 2.27. The molecule has 5 nitrogen and oxygen atoms in total. The van der Waals surface area contributed by atoms with Crippen molar-refractivity contribution in [2.24, 2.45) is 0 Å². The number of nitrogens with one attached hydrogen (secondary N) is 1. The Kier molecular flexibility index (Phi) is 5.43. The minimum Gasteiger partial charge on any atom is -0.441 e. The van der Waals surface area contributed by atoms with Crippen LogP contribution in [0.1, 0.15) is 25.2 Å².